The number of amides is 1. The van der Waals surface area contributed by atoms with Crippen LogP contribution in [0.1, 0.15) is 24.0 Å². The number of carbonyl (C=O) groups is 1. The van der Waals surface area contributed by atoms with Crippen LogP contribution >= 0.6 is 0 Å². The first-order valence-corrected chi connectivity index (χ1v) is 7.02. The summed E-state index contributed by atoms with van der Waals surface area (Å²) < 4.78 is 0. The van der Waals surface area contributed by atoms with E-state index in [4.69, 9.17) is 5.73 Å². The van der Waals surface area contributed by atoms with E-state index in [1.807, 2.05) is 42.5 Å². The molecule has 3 rings (SSSR count). The summed E-state index contributed by atoms with van der Waals surface area (Å²) in [5.41, 5.74) is 8.34. The molecule has 0 radical (unpaired) electrons. The van der Waals surface area contributed by atoms with Crippen LogP contribution in [0.15, 0.2) is 48.5 Å². The highest BCUT2D eigenvalue weighted by Gasteiger charge is 2.51. The highest BCUT2D eigenvalue weighted by molar-refractivity contribution is 6.01. The van der Waals surface area contributed by atoms with Crippen LogP contribution < -0.4 is 11.1 Å². The molecule has 0 spiro atoms. The fourth-order valence-electron chi connectivity index (χ4n) is 2.60. The van der Waals surface area contributed by atoms with Gasteiger partial charge in [-0.2, -0.15) is 0 Å². The van der Waals surface area contributed by atoms with E-state index in [0.717, 1.165) is 24.0 Å². The van der Waals surface area contributed by atoms with Crippen molar-refractivity contribution in [2.45, 2.75) is 24.9 Å². The molecule has 1 aliphatic rings. The number of nitrogens with two attached hydrogens (primary N) is 1. The van der Waals surface area contributed by atoms with Crippen LogP contribution in [0.2, 0.25) is 0 Å². The Morgan fingerprint density at radius 3 is 2.43 bits per heavy atom. The zero-order valence-corrected chi connectivity index (χ0v) is 11.7. The van der Waals surface area contributed by atoms with Gasteiger partial charge in [0.2, 0.25) is 5.91 Å². The number of nitrogens with one attached hydrogen (secondary N) is 1. The molecule has 2 aromatic rings. The predicted octanol–water partition coefficient (Wildman–Crippen LogP) is 2.43. The molecule has 1 fully saturated rings. The van der Waals surface area contributed by atoms with E-state index in [9.17, 15) is 9.90 Å². The van der Waals surface area contributed by atoms with E-state index in [0.29, 0.717) is 11.4 Å². The monoisotopic (exact) mass is 282 g/mol. The fraction of sp³-hybridized carbons (Fsp3) is 0.235. The topological polar surface area (TPSA) is 75.4 Å². The second-order valence-electron chi connectivity index (χ2n) is 5.47. The summed E-state index contributed by atoms with van der Waals surface area (Å²) in [6.45, 7) is -0.0919. The van der Waals surface area contributed by atoms with E-state index in [-0.39, 0.29) is 12.5 Å². The molecule has 108 valence electrons. The van der Waals surface area contributed by atoms with Gasteiger partial charge in [0, 0.05) is 16.9 Å². The smallest absolute Gasteiger partial charge is 0.235 e. The van der Waals surface area contributed by atoms with Crippen LogP contribution in [-0.2, 0) is 16.8 Å². The number of benzene rings is 2. The molecule has 1 aliphatic carbocycles. The SMILES string of the molecule is Nc1ccc(C2(C(=O)Nc3ccccc3CO)CC2)cc1. The number of nitrogen functional groups attached to an aromatic ring is 1. The maximum absolute atomic E-state index is 12.6. The number of hydrogen-bond acceptors (Lipinski definition) is 3. The summed E-state index contributed by atoms with van der Waals surface area (Å²) in [6.07, 6.45) is 1.67. The average Bonchev–Trinajstić information content (AvgIpc) is 3.30. The molecule has 0 aromatic heterocycles. The van der Waals surface area contributed by atoms with Gasteiger partial charge in [-0.1, -0.05) is 30.3 Å². The van der Waals surface area contributed by atoms with Crippen LogP contribution in [0, 0.1) is 0 Å². The number of anilines is 2. The summed E-state index contributed by atoms with van der Waals surface area (Å²) in [7, 11) is 0. The Morgan fingerprint density at radius 2 is 1.81 bits per heavy atom. The molecule has 0 atom stereocenters. The molecule has 21 heavy (non-hydrogen) atoms. The lowest BCUT2D eigenvalue weighted by molar-refractivity contribution is -0.118. The molecule has 0 unspecified atom stereocenters. The molecule has 0 saturated heterocycles. The van der Waals surface area contributed by atoms with Crippen molar-refractivity contribution in [3.63, 3.8) is 0 Å². The lowest BCUT2D eigenvalue weighted by Crippen LogP contribution is -2.28. The van der Waals surface area contributed by atoms with Gasteiger partial charge in [-0.3, -0.25) is 4.79 Å². The van der Waals surface area contributed by atoms with E-state index in [1.54, 1.807) is 6.07 Å². The minimum absolute atomic E-state index is 0.0202. The summed E-state index contributed by atoms with van der Waals surface area (Å²) >= 11 is 0. The molecule has 4 nitrogen and oxygen atoms in total. The quantitative estimate of drug-likeness (QED) is 0.754. The fourth-order valence-corrected chi connectivity index (χ4v) is 2.60. The molecular formula is C17H18N2O2. The minimum atomic E-state index is -0.448. The first-order chi connectivity index (χ1) is 10.2. The van der Waals surface area contributed by atoms with Crippen LogP contribution in [-0.4, -0.2) is 11.0 Å². The van der Waals surface area contributed by atoms with Gasteiger partial charge in [0.05, 0.1) is 12.0 Å². The van der Waals surface area contributed by atoms with Gasteiger partial charge < -0.3 is 16.2 Å². The van der Waals surface area contributed by atoms with Crippen molar-refractivity contribution in [3.05, 3.63) is 59.7 Å². The van der Waals surface area contributed by atoms with E-state index in [2.05, 4.69) is 5.32 Å². The summed E-state index contributed by atoms with van der Waals surface area (Å²) in [5, 5.41) is 12.3. The van der Waals surface area contributed by atoms with Crippen molar-refractivity contribution in [2.24, 2.45) is 0 Å². The summed E-state index contributed by atoms with van der Waals surface area (Å²) in [6, 6.07) is 14.8. The molecule has 1 amide bonds. The van der Waals surface area contributed by atoms with Gasteiger partial charge in [0.25, 0.3) is 0 Å². The largest absolute Gasteiger partial charge is 0.399 e. The Hall–Kier alpha value is -2.33. The Bertz CT molecular complexity index is 661. The normalized spacial score (nSPS) is 15.5. The van der Waals surface area contributed by atoms with Crippen molar-refractivity contribution in [1.29, 1.82) is 0 Å². The standard InChI is InChI=1S/C17H18N2O2/c18-14-7-5-13(6-8-14)17(9-10-17)16(21)19-15-4-2-1-3-12(15)11-20/h1-8,20H,9-11,18H2,(H,19,21). The first kappa shape index (κ1) is 13.6. The zero-order valence-electron chi connectivity index (χ0n) is 11.7. The van der Waals surface area contributed by atoms with E-state index in [1.165, 1.54) is 0 Å². The van der Waals surface area contributed by atoms with Crippen LogP contribution in [0.5, 0.6) is 0 Å². The van der Waals surface area contributed by atoms with Crippen LogP contribution in [0.3, 0.4) is 0 Å². The molecule has 0 heterocycles. The molecule has 4 N–H and O–H groups in total. The van der Waals surface area contributed by atoms with Crippen molar-refractivity contribution < 1.29 is 9.90 Å². The van der Waals surface area contributed by atoms with Gasteiger partial charge in [-0.15, -0.1) is 0 Å². The van der Waals surface area contributed by atoms with Gasteiger partial charge in [-0.25, -0.2) is 0 Å². The van der Waals surface area contributed by atoms with Gasteiger partial charge in [0.15, 0.2) is 0 Å². The highest BCUT2D eigenvalue weighted by Crippen LogP contribution is 2.49. The Morgan fingerprint density at radius 1 is 1.14 bits per heavy atom. The van der Waals surface area contributed by atoms with Crippen LogP contribution in [0.25, 0.3) is 0 Å². The molecule has 0 bridgehead atoms. The van der Waals surface area contributed by atoms with Crippen molar-refractivity contribution in [1.82, 2.24) is 0 Å². The van der Waals surface area contributed by atoms with Gasteiger partial charge in [-0.05, 0) is 36.6 Å². The summed E-state index contributed by atoms with van der Waals surface area (Å²) in [4.78, 5) is 12.6. The van der Waals surface area contributed by atoms with Gasteiger partial charge >= 0.3 is 0 Å². The van der Waals surface area contributed by atoms with Crippen LogP contribution in [0.4, 0.5) is 11.4 Å². The lowest BCUT2D eigenvalue weighted by Gasteiger charge is -2.17. The first-order valence-electron chi connectivity index (χ1n) is 7.02. The van der Waals surface area contributed by atoms with Gasteiger partial charge in [0.1, 0.15) is 0 Å². The van der Waals surface area contributed by atoms with Crippen molar-refractivity contribution in [3.8, 4) is 0 Å². The maximum Gasteiger partial charge on any atom is 0.235 e. The molecular weight excluding hydrogens is 264 g/mol. The lowest BCUT2D eigenvalue weighted by atomic mass is 9.94. The Labute approximate surface area is 123 Å². The minimum Gasteiger partial charge on any atom is -0.399 e. The zero-order chi connectivity index (χ0) is 14.9. The number of aliphatic hydroxyl groups is 1. The molecule has 2 aromatic carbocycles. The molecule has 4 heteroatoms. The van der Waals surface area contributed by atoms with Crippen molar-refractivity contribution in [2.75, 3.05) is 11.1 Å². The number of rotatable bonds is 4. The number of aliphatic hydroxyl groups excluding tert-OH is 1. The molecule has 0 aliphatic heterocycles. The Kier molecular flexibility index (Phi) is 3.39. The Balaban J connectivity index is 1.83. The van der Waals surface area contributed by atoms with E-state index >= 15 is 0 Å². The molecule has 1 saturated carbocycles. The second kappa shape index (κ2) is 5.22. The number of para-hydroxylation sites is 1. The second-order valence-corrected chi connectivity index (χ2v) is 5.47. The third kappa shape index (κ3) is 2.50. The average molecular weight is 282 g/mol. The third-order valence-electron chi connectivity index (χ3n) is 4.08. The third-order valence-corrected chi connectivity index (χ3v) is 4.08. The number of carbonyl (C=O) groups excluding carboxylic acids is 1. The maximum atomic E-state index is 12.6. The predicted molar refractivity (Wildman–Crippen MR) is 82.8 cm³/mol. The van der Waals surface area contributed by atoms with E-state index < -0.39 is 5.41 Å². The van der Waals surface area contributed by atoms with Crippen molar-refractivity contribution >= 4 is 17.3 Å². The number of hydrogen-bond donors (Lipinski definition) is 3. The summed E-state index contributed by atoms with van der Waals surface area (Å²) in [5.74, 6) is -0.0202. The highest BCUT2D eigenvalue weighted by atomic mass is 16.3.